The van der Waals surface area contributed by atoms with Crippen molar-refractivity contribution in [1.82, 2.24) is 5.32 Å². The van der Waals surface area contributed by atoms with Crippen LogP contribution in [-0.2, 0) is 19.2 Å². The van der Waals surface area contributed by atoms with Crippen molar-refractivity contribution in [2.75, 3.05) is 4.90 Å². The second kappa shape index (κ2) is 7.62. The quantitative estimate of drug-likeness (QED) is 0.451. The standard InChI is InChI=1S/C27H23BrN2O5/c1-27-19(25(34)30(26(27)35)14-5-3-2-4-6-14)12-17-15(8-9-16-21(17)24(33)29-23(16)32)22(27)18-11-13(28)7-10-20(18)31/h2-8,10-11,16-17,19,21-22,31H,9,12H2,1H3,(H,29,32,33)/t16-,17+,19-,21-,22+,27+/m0/s1. The highest BCUT2D eigenvalue weighted by Crippen LogP contribution is 2.64. The summed E-state index contributed by atoms with van der Waals surface area (Å²) in [4.78, 5) is 54.5. The Bertz CT molecular complexity index is 1340. The van der Waals surface area contributed by atoms with E-state index in [-0.39, 0.29) is 35.3 Å². The number of nitrogens with zero attached hydrogens (tertiary/aromatic N) is 1. The van der Waals surface area contributed by atoms with E-state index in [4.69, 9.17) is 0 Å². The van der Waals surface area contributed by atoms with Crippen molar-refractivity contribution in [3.8, 4) is 5.75 Å². The van der Waals surface area contributed by atoms with Crippen molar-refractivity contribution in [3.63, 3.8) is 0 Å². The van der Waals surface area contributed by atoms with Gasteiger partial charge in [-0.3, -0.25) is 24.5 Å². The first kappa shape index (κ1) is 22.2. The minimum absolute atomic E-state index is 0.0206. The van der Waals surface area contributed by atoms with E-state index in [1.807, 2.05) is 12.1 Å². The summed E-state index contributed by atoms with van der Waals surface area (Å²) in [6.07, 6.45) is 2.63. The number of aromatic hydroxyl groups is 1. The van der Waals surface area contributed by atoms with E-state index >= 15 is 0 Å². The zero-order valence-corrected chi connectivity index (χ0v) is 20.5. The van der Waals surface area contributed by atoms with Crippen LogP contribution in [0.25, 0.3) is 0 Å². The Morgan fingerprint density at radius 3 is 2.51 bits per heavy atom. The molecule has 35 heavy (non-hydrogen) atoms. The van der Waals surface area contributed by atoms with Crippen molar-refractivity contribution >= 4 is 45.2 Å². The van der Waals surface area contributed by atoms with E-state index in [2.05, 4.69) is 21.2 Å². The molecule has 0 unspecified atom stereocenters. The largest absolute Gasteiger partial charge is 0.508 e. The summed E-state index contributed by atoms with van der Waals surface area (Å²) in [5.74, 6) is -4.00. The number of amides is 4. The van der Waals surface area contributed by atoms with E-state index in [1.165, 1.54) is 4.90 Å². The van der Waals surface area contributed by atoms with Crippen LogP contribution < -0.4 is 10.2 Å². The molecule has 2 aromatic rings. The van der Waals surface area contributed by atoms with Crippen LogP contribution in [0.2, 0.25) is 0 Å². The molecule has 6 rings (SSSR count). The first-order chi connectivity index (χ1) is 16.7. The molecule has 0 aromatic heterocycles. The Balaban J connectivity index is 1.57. The maximum absolute atomic E-state index is 14.1. The highest BCUT2D eigenvalue weighted by atomic mass is 79.9. The summed E-state index contributed by atoms with van der Waals surface area (Å²) in [5, 5.41) is 13.4. The number of allylic oxidation sites excluding steroid dienone is 2. The Morgan fingerprint density at radius 1 is 1.03 bits per heavy atom. The second-order valence-electron chi connectivity index (χ2n) is 10.1. The van der Waals surface area contributed by atoms with Gasteiger partial charge in [0.15, 0.2) is 0 Å². The van der Waals surface area contributed by atoms with Crippen LogP contribution in [0.3, 0.4) is 0 Å². The highest BCUT2D eigenvalue weighted by Gasteiger charge is 2.67. The average Bonchev–Trinajstić information content (AvgIpc) is 3.24. The molecule has 2 heterocycles. The molecular formula is C27H23BrN2O5. The van der Waals surface area contributed by atoms with Crippen LogP contribution >= 0.6 is 15.9 Å². The molecule has 3 fully saturated rings. The maximum atomic E-state index is 14.1. The van der Waals surface area contributed by atoms with Crippen molar-refractivity contribution in [3.05, 3.63) is 70.2 Å². The van der Waals surface area contributed by atoms with Crippen molar-refractivity contribution in [1.29, 1.82) is 0 Å². The van der Waals surface area contributed by atoms with Crippen LogP contribution in [0.5, 0.6) is 5.75 Å². The zero-order valence-electron chi connectivity index (χ0n) is 18.9. The molecule has 2 saturated heterocycles. The molecule has 2 aliphatic carbocycles. The molecule has 4 amide bonds. The molecule has 1 saturated carbocycles. The summed E-state index contributed by atoms with van der Waals surface area (Å²) < 4.78 is 0.729. The topological polar surface area (TPSA) is 104 Å². The van der Waals surface area contributed by atoms with Crippen molar-refractivity contribution in [2.45, 2.75) is 25.7 Å². The Kier molecular flexibility index (Phi) is 4.84. The van der Waals surface area contributed by atoms with Crippen LogP contribution in [0, 0.1) is 29.1 Å². The van der Waals surface area contributed by atoms with E-state index < -0.39 is 29.1 Å². The number of anilines is 1. The summed E-state index contributed by atoms with van der Waals surface area (Å²) in [6, 6.07) is 13.9. The van der Waals surface area contributed by atoms with Gasteiger partial charge in [0.05, 0.1) is 28.9 Å². The molecule has 6 atom stereocenters. The van der Waals surface area contributed by atoms with Gasteiger partial charge in [-0.1, -0.05) is 45.8 Å². The number of benzene rings is 2. The molecule has 7 nitrogen and oxygen atoms in total. The Labute approximate surface area is 210 Å². The summed E-state index contributed by atoms with van der Waals surface area (Å²) >= 11 is 3.48. The van der Waals surface area contributed by atoms with Gasteiger partial charge in [0.25, 0.3) is 0 Å². The third kappa shape index (κ3) is 2.95. The number of rotatable bonds is 2. The minimum Gasteiger partial charge on any atom is -0.508 e. The predicted octanol–water partition coefficient (Wildman–Crippen LogP) is 3.67. The number of nitrogens with one attached hydrogen (secondary N) is 1. The van der Waals surface area contributed by atoms with Gasteiger partial charge in [-0.25, -0.2) is 4.90 Å². The van der Waals surface area contributed by atoms with Gasteiger partial charge in [0.2, 0.25) is 23.6 Å². The predicted molar refractivity (Wildman–Crippen MR) is 130 cm³/mol. The van der Waals surface area contributed by atoms with Crippen LogP contribution in [0.1, 0.15) is 31.2 Å². The summed E-state index contributed by atoms with van der Waals surface area (Å²) in [7, 11) is 0. The van der Waals surface area contributed by atoms with E-state index in [9.17, 15) is 24.3 Å². The maximum Gasteiger partial charge on any atom is 0.241 e. The summed E-state index contributed by atoms with van der Waals surface area (Å²) in [6.45, 7) is 1.80. The van der Waals surface area contributed by atoms with E-state index in [1.54, 1.807) is 49.4 Å². The molecule has 178 valence electrons. The first-order valence-electron chi connectivity index (χ1n) is 11.7. The lowest BCUT2D eigenvalue weighted by Gasteiger charge is -2.49. The van der Waals surface area contributed by atoms with Crippen LogP contribution in [-0.4, -0.2) is 28.7 Å². The monoisotopic (exact) mass is 534 g/mol. The molecule has 4 aliphatic rings. The fourth-order valence-corrected chi connectivity index (χ4v) is 7.23. The highest BCUT2D eigenvalue weighted by molar-refractivity contribution is 9.10. The third-order valence-corrected chi connectivity index (χ3v) is 8.93. The van der Waals surface area contributed by atoms with E-state index in [0.717, 1.165) is 10.0 Å². The lowest BCUT2D eigenvalue weighted by molar-refractivity contribution is -0.131. The normalized spacial score (nSPS) is 33.7. The Hall–Kier alpha value is -3.26. The van der Waals surface area contributed by atoms with Gasteiger partial charge in [-0.2, -0.15) is 0 Å². The van der Waals surface area contributed by atoms with Crippen LogP contribution in [0.4, 0.5) is 5.69 Å². The molecule has 2 N–H and O–H groups in total. The molecule has 8 heteroatoms. The van der Waals surface area contributed by atoms with Crippen LogP contribution in [0.15, 0.2) is 64.7 Å². The minimum atomic E-state index is -1.17. The van der Waals surface area contributed by atoms with Gasteiger partial charge < -0.3 is 5.11 Å². The molecule has 2 aliphatic heterocycles. The van der Waals surface area contributed by atoms with Gasteiger partial charge >= 0.3 is 0 Å². The van der Waals surface area contributed by atoms with Gasteiger partial charge in [-0.05, 0) is 56.0 Å². The lowest BCUT2D eigenvalue weighted by atomic mass is 9.51. The Morgan fingerprint density at radius 2 is 1.77 bits per heavy atom. The summed E-state index contributed by atoms with van der Waals surface area (Å²) in [5.41, 5.74) is 0.708. The number of phenolic OH excluding ortho intramolecular Hbond substituents is 1. The van der Waals surface area contributed by atoms with E-state index in [0.29, 0.717) is 24.1 Å². The average molecular weight is 535 g/mol. The lowest BCUT2D eigenvalue weighted by Crippen LogP contribution is -2.48. The second-order valence-corrected chi connectivity index (χ2v) is 11.0. The molecular weight excluding hydrogens is 512 g/mol. The number of carbonyl (C=O) groups is 4. The number of phenols is 1. The third-order valence-electron chi connectivity index (χ3n) is 8.43. The number of carbonyl (C=O) groups excluding carboxylic acids is 4. The first-order valence-corrected chi connectivity index (χ1v) is 12.5. The smallest absolute Gasteiger partial charge is 0.241 e. The number of halogens is 1. The number of para-hydroxylation sites is 1. The fraction of sp³-hybridized carbons (Fsp3) is 0.333. The van der Waals surface area contributed by atoms with Gasteiger partial charge in [-0.15, -0.1) is 0 Å². The molecule has 0 radical (unpaired) electrons. The van der Waals surface area contributed by atoms with Crippen molar-refractivity contribution in [2.24, 2.45) is 29.1 Å². The number of imide groups is 2. The fourth-order valence-electron chi connectivity index (χ4n) is 6.85. The van der Waals surface area contributed by atoms with Crippen molar-refractivity contribution < 1.29 is 24.3 Å². The number of hydrogen-bond donors (Lipinski definition) is 2. The van der Waals surface area contributed by atoms with Gasteiger partial charge in [0.1, 0.15) is 5.75 Å². The zero-order chi connectivity index (χ0) is 24.6. The SMILES string of the molecule is C[C@@]12C(=O)N(c3ccccc3)C(=O)[C@@H]1C[C@@H]1C(=CC[C@@H]3C(=O)NC(=O)[C@@H]31)[C@@H]2c1cc(Br)ccc1O. The molecule has 0 spiro atoms. The number of hydrogen-bond acceptors (Lipinski definition) is 5. The molecule has 0 bridgehead atoms. The number of fused-ring (bicyclic) bond motifs is 4. The van der Waals surface area contributed by atoms with Gasteiger partial charge in [0, 0.05) is 16.0 Å². The molecule has 2 aromatic carbocycles.